The number of para-hydroxylation sites is 2. The lowest BCUT2D eigenvalue weighted by atomic mass is 9.79. The van der Waals surface area contributed by atoms with Crippen molar-refractivity contribution < 1.29 is 19.7 Å². The summed E-state index contributed by atoms with van der Waals surface area (Å²) in [5.41, 5.74) is 14.6. The zero-order chi connectivity index (χ0) is 53.6. The molecule has 0 saturated heterocycles. The molecule has 0 unspecified atom stereocenters. The summed E-state index contributed by atoms with van der Waals surface area (Å²) in [5, 5.41) is 32.5. The summed E-state index contributed by atoms with van der Waals surface area (Å²) in [6.07, 6.45) is 8.76. The fourth-order valence-corrected chi connectivity index (χ4v) is 13.8. The van der Waals surface area contributed by atoms with Crippen molar-refractivity contribution in [3.63, 3.8) is 0 Å². The molecule has 1 saturated carbocycles. The zero-order valence-electron chi connectivity index (χ0n) is 46.8. The summed E-state index contributed by atoms with van der Waals surface area (Å²) in [7, 11) is 0. The number of ether oxygens (including phenoxy) is 2. The molecule has 394 valence electrons. The van der Waals surface area contributed by atoms with E-state index in [1.807, 2.05) is 36.4 Å². The average molecular weight is 1050 g/mol. The van der Waals surface area contributed by atoms with Gasteiger partial charge in [0.1, 0.15) is 11.5 Å². The van der Waals surface area contributed by atoms with Crippen molar-refractivity contribution >= 4 is 61.5 Å². The van der Waals surface area contributed by atoms with Gasteiger partial charge in [0.25, 0.3) is 0 Å². The van der Waals surface area contributed by atoms with Crippen LogP contribution in [0.15, 0.2) is 119 Å². The van der Waals surface area contributed by atoms with Gasteiger partial charge in [-0.25, -0.2) is 0 Å². The second kappa shape index (κ2) is 19.4. The van der Waals surface area contributed by atoms with Gasteiger partial charge >= 0.3 is 0 Å². The number of hydrogen-bond donors (Lipinski definition) is 2. The highest BCUT2D eigenvalue weighted by atomic mass is 32.1. The fraction of sp³-hybridized carbons (Fsp3) is 0.382. The molecule has 9 aromatic rings. The normalized spacial score (nSPS) is 16.7. The summed E-state index contributed by atoms with van der Waals surface area (Å²) >= 11 is 3.14. The van der Waals surface area contributed by atoms with Gasteiger partial charge < -0.3 is 28.8 Å². The molecular formula is C68H76N2O4S2. The molecule has 6 nitrogen and oxygen atoms in total. The maximum absolute atomic E-state index is 12.3. The van der Waals surface area contributed by atoms with E-state index in [4.69, 9.17) is 9.47 Å². The van der Waals surface area contributed by atoms with E-state index in [2.05, 4.69) is 176 Å². The molecule has 2 aliphatic carbocycles. The Hall–Kier alpha value is -6.22. The number of benzene rings is 5. The molecule has 5 aromatic carbocycles. The van der Waals surface area contributed by atoms with E-state index in [1.54, 1.807) is 22.7 Å². The molecule has 11 rings (SSSR count). The lowest BCUT2D eigenvalue weighted by Crippen LogP contribution is -2.29. The van der Waals surface area contributed by atoms with Gasteiger partial charge in [0.05, 0.1) is 50.9 Å². The largest absolute Gasteiger partial charge is 0.504 e. The summed E-state index contributed by atoms with van der Waals surface area (Å²) in [5.74, 6) is 2.68. The topological polar surface area (TPSA) is 68.8 Å². The van der Waals surface area contributed by atoms with Gasteiger partial charge in [-0.1, -0.05) is 150 Å². The van der Waals surface area contributed by atoms with Crippen LogP contribution in [-0.2, 0) is 22.7 Å². The standard InChI is InChI=1S/C68H76N2O4S2/c1-65(2,3)43-25-29-53-49(33-43)50-34-44(66(4,5)6)26-30-54(50)69(53)57-39-75-63(61(57)71)47-21-15-17-23-59(47)73-37-41-19-13-14-20-42(41)38-74-60-24-18-16-22-48(60)64-62(72)58(40-76-64)70-55-31-27-45(67(7,8)9)35-51(55)52-36-46(68(10,11)12)28-32-56(52)70/h15-18,21-27,29-31,33-36,39-42,71-72H,13-14,19-20,28,32,37-38H2,1-12H3/t41-,42-/m0/s1. The van der Waals surface area contributed by atoms with E-state index in [9.17, 15) is 10.2 Å². The number of aromatic nitrogens is 2. The second-order valence-electron chi connectivity index (χ2n) is 25.9. The molecule has 4 heterocycles. The molecule has 2 N–H and O–H groups in total. The van der Waals surface area contributed by atoms with Crippen LogP contribution in [0.2, 0.25) is 0 Å². The molecule has 4 aromatic heterocycles. The number of fused-ring (bicyclic) bond motifs is 6. The Labute approximate surface area is 458 Å². The van der Waals surface area contributed by atoms with Gasteiger partial charge in [-0.05, 0) is 137 Å². The molecule has 0 amide bonds. The van der Waals surface area contributed by atoms with E-state index in [1.165, 1.54) is 49.7 Å². The molecule has 0 aliphatic heterocycles. The van der Waals surface area contributed by atoms with Crippen molar-refractivity contribution in [1.82, 2.24) is 9.13 Å². The molecule has 0 bridgehead atoms. The van der Waals surface area contributed by atoms with E-state index < -0.39 is 0 Å². The Balaban J connectivity index is 0.848. The Bertz CT molecular complexity index is 3630. The van der Waals surface area contributed by atoms with Crippen molar-refractivity contribution in [3.05, 3.63) is 147 Å². The van der Waals surface area contributed by atoms with E-state index in [0.717, 1.165) is 98.8 Å². The Kier molecular flexibility index (Phi) is 13.2. The van der Waals surface area contributed by atoms with Crippen molar-refractivity contribution in [2.75, 3.05) is 13.2 Å². The summed E-state index contributed by atoms with van der Waals surface area (Å²) < 4.78 is 18.3. The monoisotopic (exact) mass is 1050 g/mol. The highest BCUT2D eigenvalue weighted by Gasteiger charge is 2.32. The quantitative estimate of drug-likeness (QED) is 0.143. The van der Waals surface area contributed by atoms with Crippen molar-refractivity contribution in [1.29, 1.82) is 0 Å². The van der Waals surface area contributed by atoms with Gasteiger partial charge in [0.15, 0.2) is 11.5 Å². The molecular weight excluding hydrogens is 973 g/mol. The first-order valence-corrected chi connectivity index (χ1v) is 29.4. The van der Waals surface area contributed by atoms with Crippen LogP contribution in [0.4, 0.5) is 0 Å². The highest BCUT2D eigenvalue weighted by molar-refractivity contribution is 7.14. The van der Waals surface area contributed by atoms with Crippen LogP contribution in [0, 0.1) is 17.3 Å². The average Bonchev–Trinajstić information content (AvgIpc) is 4.16. The number of rotatable bonds is 10. The zero-order valence-corrected chi connectivity index (χ0v) is 48.4. The molecule has 76 heavy (non-hydrogen) atoms. The molecule has 2 atom stereocenters. The van der Waals surface area contributed by atoms with E-state index >= 15 is 0 Å². The fourth-order valence-electron chi connectivity index (χ4n) is 11.9. The molecule has 2 aliphatic rings. The van der Waals surface area contributed by atoms with E-state index in [-0.39, 0.29) is 45.0 Å². The number of hydrogen-bond acceptors (Lipinski definition) is 6. The lowest BCUT2D eigenvalue weighted by molar-refractivity contribution is 0.105. The maximum atomic E-state index is 12.3. The Morgan fingerprint density at radius 1 is 0.500 bits per heavy atom. The predicted octanol–water partition coefficient (Wildman–Crippen LogP) is 19.1. The maximum Gasteiger partial charge on any atom is 0.158 e. The minimum atomic E-state index is -0.00460. The third-order valence-corrected chi connectivity index (χ3v) is 18.6. The first kappa shape index (κ1) is 51.9. The van der Waals surface area contributed by atoms with Gasteiger partial charge in [-0.2, -0.15) is 0 Å². The molecule has 1 fully saturated rings. The van der Waals surface area contributed by atoms with Crippen LogP contribution < -0.4 is 9.47 Å². The third kappa shape index (κ3) is 9.46. The Morgan fingerprint density at radius 2 is 0.921 bits per heavy atom. The number of nitrogens with zero attached hydrogens (tertiary/aromatic N) is 2. The number of allylic oxidation sites excluding steroid dienone is 1. The number of aromatic hydroxyl groups is 2. The highest BCUT2D eigenvalue weighted by Crippen LogP contribution is 2.50. The van der Waals surface area contributed by atoms with Crippen molar-refractivity contribution in [3.8, 4) is 55.3 Å². The van der Waals surface area contributed by atoms with Crippen LogP contribution in [0.25, 0.3) is 71.0 Å². The van der Waals surface area contributed by atoms with Crippen LogP contribution in [0.1, 0.15) is 143 Å². The predicted molar refractivity (Wildman–Crippen MR) is 322 cm³/mol. The van der Waals surface area contributed by atoms with Gasteiger partial charge in [0.2, 0.25) is 0 Å². The third-order valence-electron chi connectivity index (χ3n) is 16.6. The lowest BCUT2D eigenvalue weighted by Gasteiger charge is -2.31. The SMILES string of the molecule is CC(C)(C)C1=Cc2c(n(-c3csc(-c4ccccc4OC[C@@H]4CCCC[C@H]4COc4ccccc4-c4scc(-n5c6ccc(C(C)(C)C)cc6c6cc(C(C)(C)C)ccc65)c4O)c3O)c3ccc(C(C)(C)C)cc23)CC1. The van der Waals surface area contributed by atoms with Crippen LogP contribution in [0.5, 0.6) is 23.0 Å². The van der Waals surface area contributed by atoms with Gasteiger partial charge in [-0.15, -0.1) is 22.7 Å². The minimum Gasteiger partial charge on any atom is -0.504 e. The van der Waals surface area contributed by atoms with Crippen molar-refractivity contribution in [2.45, 2.75) is 138 Å². The second-order valence-corrected chi connectivity index (χ2v) is 27.7. The van der Waals surface area contributed by atoms with E-state index in [0.29, 0.717) is 13.2 Å². The van der Waals surface area contributed by atoms with Crippen LogP contribution in [0.3, 0.4) is 0 Å². The Morgan fingerprint density at radius 3 is 1.37 bits per heavy atom. The first-order chi connectivity index (χ1) is 36.1. The molecule has 0 radical (unpaired) electrons. The summed E-state index contributed by atoms with van der Waals surface area (Å²) in [6.45, 7) is 28.5. The number of thiophene rings is 2. The van der Waals surface area contributed by atoms with Gasteiger partial charge in [0, 0.05) is 49.3 Å². The summed E-state index contributed by atoms with van der Waals surface area (Å²) in [4.78, 5) is 1.61. The van der Waals surface area contributed by atoms with Crippen LogP contribution >= 0.6 is 22.7 Å². The summed E-state index contributed by atoms with van der Waals surface area (Å²) in [6, 6.07) is 36.9. The molecule has 0 spiro atoms. The smallest absolute Gasteiger partial charge is 0.158 e. The van der Waals surface area contributed by atoms with Crippen molar-refractivity contribution in [2.24, 2.45) is 17.3 Å². The van der Waals surface area contributed by atoms with Gasteiger partial charge in [-0.3, -0.25) is 0 Å². The minimum absolute atomic E-state index is 0.00460. The molecule has 8 heteroatoms. The first-order valence-electron chi connectivity index (χ1n) is 27.6. The van der Waals surface area contributed by atoms with Crippen LogP contribution in [-0.4, -0.2) is 32.6 Å².